The number of hydrogen-bond donors (Lipinski definition) is 1. The van der Waals surface area contributed by atoms with Crippen LogP contribution < -0.4 is 4.74 Å². The first-order valence-corrected chi connectivity index (χ1v) is 4.95. The van der Waals surface area contributed by atoms with Crippen molar-refractivity contribution < 1.29 is 4.74 Å². The Kier molecular flexibility index (Phi) is 2.39. The molecule has 0 fully saturated rings. The van der Waals surface area contributed by atoms with Crippen molar-refractivity contribution in [2.75, 3.05) is 6.61 Å². The van der Waals surface area contributed by atoms with E-state index in [-0.39, 0.29) is 0 Å². The summed E-state index contributed by atoms with van der Waals surface area (Å²) in [6.07, 6.45) is 0.929. The number of aromatic amines is 1. The zero-order valence-electron chi connectivity index (χ0n) is 8.50. The fraction of sp³-hybridized carbons (Fsp3) is 0.364. The molecule has 0 atom stereocenters. The highest BCUT2D eigenvalue weighted by atomic mass is 16.5. The molecule has 0 aliphatic carbocycles. The summed E-state index contributed by atoms with van der Waals surface area (Å²) in [6, 6.07) is 5.92. The summed E-state index contributed by atoms with van der Waals surface area (Å²) in [6.45, 7) is 4.76. The number of fused-ring (bicyclic) bond motifs is 1. The lowest BCUT2D eigenvalue weighted by molar-refractivity contribution is 0.340. The van der Waals surface area contributed by atoms with Crippen molar-refractivity contribution in [2.45, 2.75) is 20.3 Å². The molecule has 1 aromatic heterocycles. The third kappa shape index (κ3) is 1.58. The molecule has 1 heterocycles. The van der Waals surface area contributed by atoms with E-state index in [0.29, 0.717) is 6.61 Å². The first-order chi connectivity index (χ1) is 6.83. The van der Waals surface area contributed by atoms with Crippen molar-refractivity contribution >= 4 is 11.0 Å². The first-order valence-electron chi connectivity index (χ1n) is 4.95. The molecule has 0 saturated carbocycles. The topological polar surface area (TPSA) is 37.9 Å². The Labute approximate surface area is 83.1 Å². The van der Waals surface area contributed by atoms with E-state index in [1.54, 1.807) is 0 Å². The Morgan fingerprint density at radius 1 is 1.36 bits per heavy atom. The second kappa shape index (κ2) is 3.70. The maximum atomic E-state index is 5.41. The summed E-state index contributed by atoms with van der Waals surface area (Å²) < 4.78 is 5.41. The second-order valence-electron chi connectivity index (χ2n) is 3.15. The minimum atomic E-state index is 0.695. The van der Waals surface area contributed by atoms with Gasteiger partial charge in [0.25, 0.3) is 0 Å². The Hall–Kier alpha value is -1.51. The second-order valence-corrected chi connectivity index (χ2v) is 3.15. The lowest BCUT2D eigenvalue weighted by Gasteiger charge is -2.00. The van der Waals surface area contributed by atoms with Crippen LogP contribution in [0.5, 0.6) is 5.75 Å². The molecule has 0 bridgehead atoms. The van der Waals surface area contributed by atoms with Crippen LogP contribution >= 0.6 is 0 Å². The quantitative estimate of drug-likeness (QED) is 0.807. The van der Waals surface area contributed by atoms with Gasteiger partial charge in [0.1, 0.15) is 11.6 Å². The summed E-state index contributed by atoms with van der Waals surface area (Å²) in [5.41, 5.74) is 2.05. The fourth-order valence-corrected chi connectivity index (χ4v) is 1.47. The van der Waals surface area contributed by atoms with Gasteiger partial charge in [-0.1, -0.05) is 6.92 Å². The molecule has 2 aromatic rings. The fourth-order valence-electron chi connectivity index (χ4n) is 1.47. The average molecular weight is 190 g/mol. The van der Waals surface area contributed by atoms with Gasteiger partial charge in [0, 0.05) is 12.5 Å². The van der Waals surface area contributed by atoms with Crippen molar-refractivity contribution in [3.05, 3.63) is 24.0 Å². The highest BCUT2D eigenvalue weighted by molar-refractivity contribution is 5.76. The molecule has 2 rings (SSSR count). The van der Waals surface area contributed by atoms with Gasteiger partial charge < -0.3 is 9.72 Å². The number of H-pyrrole nitrogens is 1. The van der Waals surface area contributed by atoms with E-state index < -0.39 is 0 Å². The lowest BCUT2D eigenvalue weighted by Crippen LogP contribution is -1.90. The van der Waals surface area contributed by atoms with Crippen LogP contribution in [-0.4, -0.2) is 16.6 Å². The summed E-state index contributed by atoms with van der Waals surface area (Å²) in [7, 11) is 0. The zero-order valence-corrected chi connectivity index (χ0v) is 8.50. The average Bonchev–Trinajstić information content (AvgIpc) is 2.60. The van der Waals surface area contributed by atoms with Crippen molar-refractivity contribution in [1.82, 2.24) is 9.97 Å². The standard InChI is InChI=1S/C11H14N2O/c1-3-11-12-9-6-5-8(14-4-2)7-10(9)13-11/h5-7H,3-4H2,1-2H3,(H,12,13). The van der Waals surface area contributed by atoms with Crippen molar-refractivity contribution in [1.29, 1.82) is 0 Å². The Morgan fingerprint density at radius 3 is 2.93 bits per heavy atom. The highest BCUT2D eigenvalue weighted by Crippen LogP contribution is 2.19. The van der Waals surface area contributed by atoms with Crippen LogP contribution in [0, 0.1) is 0 Å². The van der Waals surface area contributed by atoms with Gasteiger partial charge in [-0.2, -0.15) is 0 Å². The summed E-state index contributed by atoms with van der Waals surface area (Å²) >= 11 is 0. The molecule has 0 saturated heterocycles. The van der Waals surface area contributed by atoms with Gasteiger partial charge in [-0.3, -0.25) is 0 Å². The molecule has 0 spiro atoms. The van der Waals surface area contributed by atoms with Crippen LogP contribution in [0.2, 0.25) is 0 Å². The zero-order chi connectivity index (χ0) is 9.97. The molecule has 0 aliphatic rings. The molecule has 0 radical (unpaired) electrons. The van der Waals surface area contributed by atoms with E-state index in [2.05, 4.69) is 16.9 Å². The van der Waals surface area contributed by atoms with Crippen molar-refractivity contribution in [2.24, 2.45) is 0 Å². The Morgan fingerprint density at radius 2 is 2.21 bits per heavy atom. The summed E-state index contributed by atoms with van der Waals surface area (Å²) in [5.74, 6) is 1.92. The molecular weight excluding hydrogens is 176 g/mol. The maximum Gasteiger partial charge on any atom is 0.121 e. The normalized spacial score (nSPS) is 10.7. The predicted molar refractivity (Wildman–Crippen MR) is 56.6 cm³/mol. The molecule has 3 heteroatoms. The molecule has 0 amide bonds. The maximum absolute atomic E-state index is 5.41. The number of hydrogen-bond acceptors (Lipinski definition) is 2. The smallest absolute Gasteiger partial charge is 0.121 e. The monoisotopic (exact) mass is 190 g/mol. The molecule has 1 N–H and O–H groups in total. The van der Waals surface area contributed by atoms with Gasteiger partial charge in [-0.15, -0.1) is 0 Å². The highest BCUT2D eigenvalue weighted by Gasteiger charge is 2.01. The molecule has 1 aromatic carbocycles. The van der Waals surface area contributed by atoms with Crippen LogP contribution in [-0.2, 0) is 6.42 Å². The minimum absolute atomic E-state index is 0.695. The Balaban J connectivity index is 2.43. The number of aromatic nitrogens is 2. The van der Waals surface area contributed by atoms with Crippen LogP contribution in [0.25, 0.3) is 11.0 Å². The number of rotatable bonds is 3. The first kappa shape index (κ1) is 9.06. The molecule has 74 valence electrons. The largest absolute Gasteiger partial charge is 0.494 e. The number of aryl methyl sites for hydroxylation is 1. The number of nitrogens with zero attached hydrogens (tertiary/aromatic N) is 1. The van der Waals surface area contributed by atoms with E-state index in [1.165, 1.54) is 0 Å². The van der Waals surface area contributed by atoms with E-state index in [1.807, 2.05) is 25.1 Å². The van der Waals surface area contributed by atoms with E-state index in [0.717, 1.165) is 29.0 Å². The number of nitrogens with one attached hydrogen (secondary N) is 1. The third-order valence-corrected chi connectivity index (χ3v) is 2.15. The van der Waals surface area contributed by atoms with Gasteiger partial charge in [0.15, 0.2) is 0 Å². The lowest BCUT2D eigenvalue weighted by atomic mass is 10.3. The predicted octanol–water partition coefficient (Wildman–Crippen LogP) is 2.52. The Bertz CT molecular complexity index is 434. The summed E-state index contributed by atoms with van der Waals surface area (Å²) in [5, 5.41) is 0. The van der Waals surface area contributed by atoms with E-state index >= 15 is 0 Å². The minimum Gasteiger partial charge on any atom is -0.494 e. The third-order valence-electron chi connectivity index (χ3n) is 2.15. The van der Waals surface area contributed by atoms with Gasteiger partial charge >= 0.3 is 0 Å². The van der Waals surface area contributed by atoms with Gasteiger partial charge in [0.05, 0.1) is 17.6 Å². The molecule has 14 heavy (non-hydrogen) atoms. The van der Waals surface area contributed by atoms with Gasteiger partial charge in [0.2, 0.25) is 0 Å². The SMILES string of the molecule is CCOc1ccc2nc(CC)[nH]c2c1. The molecule has 3 nitrogen and oxygen atoms in total. The van der Waals surface area contributed by atoms with Crippen LogP contribution in [0.15, 0.2) is 18.2 Å². The van der Waals surface area contributed by atoms with Crippen molar-refractivity contribution in [3.63, 3.8) is 0 Å². The van der Waals surface area contributed by atoms with Gasteiger partial charge in [-0.05, 0) is 19.1 Å². The number of benzene rings is 1. The number of imidazole rings is 1. The van der Waals surface area contributed by atoms with Crippen molar-refractivity contribution in [3.8, 4) is 5.75 Å². The number of ether oxygens (including phenoxy) is 1. The van der Waals surface area contributed by atoms with Crippen LogP contribution in [0.4, 0.5) is 0 Å². The summed E-state index contributed by atoms with van der Waals surface area (Å²) in [4.78, 5) is 7.67. The van der Waals surface area contributed by atoms with Crippen LogP contribution in [0.3, 0.4) is 0 Å². The molecule has 0 aliphatic heterocycles. The molecule has 0 unspecified atom stereocenters. The molecular formula is C11H14N2O. The van der Waals surface area contributed by atoms with Gasteiger partial charge in [-0.25, -0.2) is 4.98 Å². The van der Waals surface area contributed by atoms with E-state index in [4.69, 9.17) is 4.74 Å². The van der Waals surface area contributed by atoms with E-state index in [9.17, 15) is 0 Å². The van der Waals surface area contributed by atoms with Crippen LogP contribution in [0.1, 0.15) is 19.7 Å².